The number of rotatable bonds is 3. The van der Waals surface area contributed by atoms with Crippen LogP contribution in [0.4, 0.5) is 0 Å². The molecule has 0 aromatic heterocycles. The minimum atomic E-state index is -0.0596. The fourth-order valence-corrected chi connectivity index (χ4v) is 2.96. The molecule has 2 heterocycles. The summed E-state index contributed by atoms with van der Waals surface area (Å²) in [6, 6.07) is 7.19. The number of thiocarbonyl (C=S) groups is 1. The van der Waals surface area contributed by atoms with Gasteiger partial charge >= 0.3 is 0 Å². The lowest BCUT2D eigenvalue weighted by atomic mass is 9.95. The van der Waals surface area contributed by atoms with Crippen molar-refractivity contribution in [1.29, 1.82) is 0 Å². The zero-order chi connectivity index (χ0) is 13.4. The van der Waals surface area contributed by atoms with Gasteiger partial charge in [0.1, 0.15) is 4.99 Å². The van der Waals surface area contributed by atoms with E-state index in [-0.39, 0.29) is 18.1 Å². The van der Waals surface area contributed by atoms with Crippen LogP contribution < -0.4 is 11.1 Å². The number of fused-ring (bicyclic) bond motifs is 2. The van der Waals surface area contributed by atoms with E-state index in [9.17, 15) is 4.79 Å². The predicted octanol–water partition coefficient (Wildman–Crippen LogP) is 1.37. The molecule has 3 unspecified atom stereocenters. The van der Waals surface area contributed by atoms with Crippen molar-refractivity contribution in [2.75, 3.05) is 0 Å². The zero-order valence-electron chi connectivity index (χ0n) is 10.5. The Morgan fingerprint density at radius 1 is 1.26 bits per heavy atom. The maximum Gasteiger partial charge on any atom is 0.251 e. The van der Waals surface area contributed by atoms with Crippen molar-refractivity contribution in [1.82, 2.24) is 5.32 Å². The van der Waals surface area contributed by atoms with Crippen LogP contribution in [0.5, 0.6) is 0 Å². The number of amides is 1. The predicted molar refractivity (Wildman–Crippen MR) is 76.1 cm³/mol. The molecule has 0 spiro atoms. The monoisotopic (exact) mass is 276 g/mol. The largest absolute Gasteiger partial charge is 0.389 e. The number of nitrogens with two attached hydrogens (primary N) is 1. The van der Waals surface area contributed by atoms with Crippen LogP contribution in [0.25, 0.3) is 0 Å². The van der Waals surface area contributed by atoms with E-state index in [0.29, 0.717) is 16.7 Å². The van der Waals surface area contributed by atoms with E-state index in [1.165, 1.54) is 0 Å². The number of nitrogens with one attached hydrogen (secondary N) is 1. The van der Waals surface area contributed by atoms with Crippen LogP contribution >= 0.6 is 12.2 Å². The van der Waals surface area contributed by atoms with Crippen molar-refractivity contribution in [2.24, 2.45) is 5.73 Å². The van der Waals surface area contributed by atoms with Gasteiger partial charge in [-0.05, 0) is 31.4 Å². The molecular weight excluding hydrogens is 260 g/mol. The quantitative estimate of drug-likeness (QED) is 0.818. The molecule has 1 aromatic rings. The molecule has 100 valence electrons. The standard InChI is InChI=1S/C14H16N2O2S/c15-13(19)8-1-3-9(4-2-8)14(17)16-11-7-10-5-6-12(11)18-10/h1-4,10-12H,5-7H2,(H2,15,19)(H,16,17). The van der Waals surface area contributed by atoms with E-state index in [1.54, 1.807) is 24.3 Å². The SMILES string of the molecule is NC(=S)c1ccc(C(=O)NC2CC3CCC2O3)cc1. The van der Waals surface area contributed by atoms with Gasteiger partial charge in [-0.3, -0.25) is 4.79 Å². The highest BCUT2D eigenvalue weighted by atomic mass is 32.1. The first kappa shape index (κ1) is 12.6. The fraction of sp³-hybridized carbons (Fsp3) is 0.429. The maximum absolute atomic E-state index is 12.1. The third-order valence-electron chi connectivity index (χ3n) is 3.85. The van der Waals surface area contributed by atoms with Gasteiger partial charge in [0, 0.05) is 11.1 Å². The summed E-state index contributed by atoms with van der Waals surface area (Å²) < 4.78 is 5.72. The normalized spacial score (nSPS) is 28.3. The van der Waals surface area contributed by atoms with Gasteiger partial charge < -0.3 is 15.8 Å². The molecule has 0 aliphatic carbocycles. The lowest BCUT2D eigenvalue weighted by Gasteiger charge is -2.20. The smallest absolute Gasteiger partial charge is 0.251 e. The Kier molecular flexibility index (Phi) is 3.24. The molecular formula is C14H16N2O2S. The van der Waals surface area contributed by atoms with Gasteiger partial charge in [0.15, 0.2) is 0 Å². The lowest BCUT2D eigenvalue weighted by Crippen LogP contribution is -2.41. The van der Waals surface area contributed by atoms with Crippen molar-refractivity contribution >= 4 is 23.1 Å². The Hall–Kier alpha value is -1.46. The molecule has 3 N–H and O–H groups in total. The Balaban J connectivity index is 1.65. The number of carbonyl (C=O) groups is 1. The van der Waals surface area contributed by atoms with E-state index in [2.05, 4.69) is 5.32 Å². The number of ether oxygens (including phenoxy) is 1. The van der Waals surface area contributed by atoms with Crippen LogP contribution in [0.15, 0.2) is 24.3 Å². The highest BCUT2D eigenvalue weighted by molar-refractivity contribution is 7.80. The molecule has 3 rings (SSSR count). The summed E-state index contributed by atoms with van der Waals surface area (Å²) in [5.74, 6) is -0.0596. The molecule has 2 bridgehead atoms. The van der Waals surface area contributed by atoms with E-state index in [4.69, 9.17) is 22.7 Å². The third kappa shape index (κ3) is 2.48. The summed E-state index contributed by atoms with van der Waals surface area (Å²) in [4.78, 5) is 12.5. The van der Waals surface area contributed by atoms with Crippen molar-refractivity contribution in [2.45, 2.75) is 37.5 Å². The molecule has 2 saturated heterocycles. The van der Waals surface area contributed by atoms with Crippen LogP contribution in [0.2, 0.25) is 0 Å². The van der Waals surface area contributed by atoms with Crippen LogP contribution in [-0.4, -0.2) is 29.1 Å². The van der Waals surface area contributed by atoms with E-state index >= 15 is 0 Å². The molecule has 19 heavy (non-hydrogen) atoms. The van der Waals surface area contributed by atoms with Crippen molar-refractivity contribution in [3.63, 3.8) is 0 Å². The van der Waals surface area contributed by atoms with Crippen LogP contribution in [-0.2, 0) is 4.74 Å². The molecule has 0 radical (unpaired) electrons. The van der Waals surface area contributed by atoms with Gasteiger partial charge in [-0.25, -0.2) is 0 Å². The minimum Gasteiger partial charge on any atom is -0.389 e. The minimum absolute atomic E-state index is 0.0596. The molecule has 3 atom stereocenters. The average molecular weight is 276 g/mol. The van der Waals surface area contributed by atoms with Gasteiger partial charge in [0.25, 0.3) is 5.91 Å². The third-order valence-corrected chi connectivity index (χ3v) is 4.09. The van der Waals surface area contributed by atoms with Gasteiger partial charge in [0.05, 0.1) is 18.2 Å². The van der Waals surface area contributed by atoms with Crippen LogP contribution in [0.1, 0.15) is 35.2 Å². The van der Waals surface area contributed by atoms with Crippen LogP contribution in [0.3, 0.4) is 0 Å². The Bertz CT molecular complexity index is 515. The van der Waals surface area contributed by atoms with E-state index in [0.717, 1.165) is 24.8 Å². The molecule has 0 saturated carbocycles. The topological polar surface area (TPSA) is 64.4 Å². The van der Waals surface area contributed by atoms with Crippen molar-refractivity contribution < 1.29 is 9.53 Å². The number of hydrogen-bond donors (Lipinski definition) is 2. The Labute approximate surface area is 117 Å². The first-order chi connectivity index (χ1) is 9.13. The number of benzene rings is 1. The fourth-order valence-electron chi connectivity index (χ4n) is 2.83. The highest BCUT2D eigenvalue weighted by Crippen LogP contribution is 2.34. The molecule has 1 aromatic carbocycles. The molecule has 5 heteroatoms. The lowest BCUT2D eigenvalue weighted by molar-refractivity contribution is 0.0841. The molecule has 2 fully saturated rings. The van der Waals surface area contributed by atoms with Gasteiger partial charge in [-0.15, -0.1) is 0 Å². The van der Waals surface area contributed by atoms with Crippen molar-refractivity contribution in [3.8, 4) is 0 Å². The summed E-state index contributed by atoms with van der Waals surface area (Å²) in [6.07, 6.45) is 3.65. The molecule has 2 aliphatic heterocycles. The highest BCUT2D eigenvalue weighted by Gasteiger charge is 2.41. The second-order valence-electron chi connectivity index (χ2n) is 5.13. The second-order valence-corrected chi connectivity index (χ2v) is 5.57. The summed E-state index contributed by atoms with van der Waals surface area (Å²) in [5.41, 5.74) is 6.93. The Morgan fingerprint density at radius 2 is 1.95 bits per heavy atom. The summed E-state index contributed by atoms with van der Waals surface area (Å²) in [5, 5.41) is 3.05. The maximum atomic E-state index is 12.1. The second kappa shape index (κ2) is 4.90. The number of hydrogen-bond acceptors (Lipinski definition) is 3. The first-order valence-corrected chi connectivity index (χ1v) is 6.90. The summed E-state index contributed by atoms with van der Waals surface area (Å²) in [6.45, 7) is 0. The van der Waals surface area contributed by atoms with Gasteiger partial charge in [-0.2, -0.15) is 0 Å². The molecule has 2 aliphatic rings. The number of carbonyl (C=O) groups excluding carboxylic acids is 1. The van der Waals surface area contributed by atoms with Crippen molar-refractivity contribution in [3.05, 3.63) is 35.4 Å². The Morgan fingerprint density at radius 3 is 2.47 bits per heavy atom. The summed E-state index contributed by atoms with van der Waals surface area (Å²) >= 11 is 4.88. The van der Waals surface area contributed by atoms with Gasteiger partial charge in [-0.1, -0.05) is 24.4 Å². The van der Waals surface area contributed by atoms with Crippen LogP contribution in [0, 0.1) is 0 Å². The zero-order valence-corrected chi connectivity index (χ0v) is 11.3. The summed E-state index contributed by atoms with van der Waals surface area (Å²) in [7, 11) is 0. The molecule has 1 amide bonds. The first-order valence-electron chi connectivity index (χ1n) is 6.49. The average Bonchev–Trinajstić information content (AvgIpc) is 3.01. The van der Waals surface area contributed by atoms with Gasteiger partial charge in [0.2, 0.25) is 0 Å². The van der Waals surface area contributed by atoms with E-state index in [1.807, 2.05) is 0 Å². The van der Waals surface area contributed by atoms with E-state index < -0.39 is 0 Å². The molecule has 4 nitrogen and oxygen atoms in total.